The van der Waals surface area contributed by atoms with Gasteiger partial charge >= 0.3 is 5.97 Å². The second kappa shape index (κ2) is 7.84. The van der Waals surface area contributed by atoms with E-state index in [0.717, 1.165) is 0 Å². The molecule has 0 aliphatic heterocycles. The fourth-order valence-electron chi connectivity index (χ4n) is 1.86. The average Bonchev–Trinajstić information content (AvgIpc) is 2.55. The lowest BCUT2D eigenvalue weighted by atomic mass is 10.2. The third-order valence-corrected chi connectivity index (χ3v) is 2.91. The smallest absolute Gasteiger partial charge is 0.344 e. The molecule has 0 spiro atoms. The summed E-state index contributed by atoms with van der Waals surface area (Å²) >= 11 is 0. The molecule has 2 rings (SSSR count). The molecule has 0 saturated carbocycles. The van der Waals surface area contributed by atoms with Gasteiger partial charge in [-0.2, -0.15) is 0 Å². The predicted octanol–water partition coefficient (Wildman–Crippen LogP) is 2.59. The number of amides is 1. The van der Waals surface area contributed by atoms with Crippen molar-refractivity contribution >= 4 is 17.6 Å². The minimum Gasteiger partial charge on any atom is -0.508 e. The molecule has 0 unspecified atom stereocenters. The van der Waals surface area contributed by atoms with Crippen LogP contribution in [0.4, 0.5) is 5.69 Å². The van der Waals surface area contributed by atoms with Crippen LogP contribution in [-0.4, -0.2) is 30.2 Å². The number of carbonyl (C=O) groups is 2. The van der Waals surface area contributed by atoms with Gasteiger partial charge in [0.15, 0.2) is 6.61 Å². The first-order valence-corrected chi connectivity index (χ1v) is 7.08. The summed E-state index contributed by atoms with van der Waals surface area (Å²) in [5.74, 6) is -0.477. The summed E-state index contributed by atoms with van der Waals surface area (Å²) in [4.78, 5) is 23.7. The van der Waals surface area contributed by atoms with Crippen LogP contribution in [0.15, 0.2) is 48.5 Å². The Kier molecular flexibility index (Phi) is 5.57. The van der Waals surface area contributed by atoms with Crippen molar-refractivity contribution in [2.75, 3.05) is 18.5 Å². The number of hydrogen-bond donors (Lipinski definition) is 2. The van der Waals surface area contributed by atoms with Crippen LogP contribution in [0.5, 0.6) is 11.5 Å². The highest BCUT2D eigenvalue weighted by molar-refractivity contribution is 6.06. The molecule has 0 saturated heterocycles. The predicted molar refractivity (Wildman–Crippen MR) is 84.6 cm³/mol. The van der Waals surface area contributed by atoms with E-state index in [9.17, 15) is 14.7 Å². The zero-order valence-electron chi connectivity index (χ0n) is 12.6. The number of carbonyl (C=O) groups excluding carboxylic acids is 2. The molecule has 6 nitrogen and oxygen atoms in total. The lowest BCUT2D eigenvalue weighted by molar-refractivity contribution is -0.145. The highest BCUT2D eigenvalue weighted by atomic mass is 16.6. The number of hydrogen-bond acceptors (Lipinski definition) is 5. The first kappa shape index (κ1) is 16.4. The molecule has 0 aliphatic rings. The van der Waals surface area contributed by atoms with Gasteiger partial charge in [-0.1, -0.05) is 12.1 Å². The summed E-state index contributed by atoms with van der Waals surface area (Å²) in [5, 5.41) is 11.9. The molecule has 2 N–H and O–H groups in total. The number of ether oxygens (including phenoxy) is 2. The maximum atomic E-state index is 12.3. The molecule has 0 atom stereocenters. The van der Waals surface area contributed by atoms with E-state index in [1.54, 1.807) is 43.3 Å². The van der Waals surface area contributed by atoms with Gasteiger partial charge in [0, 0.05) is 5.69 Å². The number of nitrogens with one attached hydrogen (secondary N) is 1. The van der Waals surface area contributed by atoms with Crippen molar-refractivity contribution in [3.63, 3.8) is 0 Å². The maximum Gasteiger partial charge on any atom is 0.344 e. The van der Waals surface area contributed by atoms with Crippen molar-refractivity contribution in [2.45, 2.75) is 6.92 Å². The third-order valence-electron chi connectivity index (χ3n) is 2.91. The fraction of sp³-hybridized carbons (Fsp3) is 0.176. The van der Waals surface area contributed by atoms with E-state index in [2.05, 4.69) is 5.32 Å². The Labute approximate surface area is 133 Å². The Morgan fingerprint density at radius 3 is 2.48 bits per heavy atom. The van der Waals surface area contributed by atoms with Crippen LogP contribution in [0, 0.1) is 0 Å². The average molecular weight is 315 g/mol. The van der Waals surface area contributed by atoms with Crippen molar-refractivity contribution in [1.82, 2.24) is 0 Å². The second-order valence-electron chi connectivity index (χ2n) is 4.59. The second-order valence-corrected chi connectivity index (χ2v) is 4.59. The van der Waals surface area contributed by atoms with Gasteiger partial charge in [-0.3, -0.25) is 4.79 Å². The Bertz CT molecular complexity index is 682. The summed E-state index contributed by atoms with van der Waals surface area (Å²) < 4.78 is 10.1. The Morgan fingerprint density at radius 2 is 1.78 bits per heavy atom. The van der Waals surface area contributed by atoms with Gasteiger partial charge in [-0.25, -0.2) is 4.79 Å². The monoisotopic (exact) mass is 315 g/mol. The highest BCUT2D eigenvalue weighted by Crippen LogP contribution is 2.20. The molecule has 0 bridgehead atoms. The van der Waals surface area contributed by atoms with Crippen molar-refractivity contribution in [3.05, 3.63) is 54.1 Å². The summed E-state index contributed by atoms with van der Waals surface area (Å²) in [6.45, 7) is 1.71. The van der Waals surface area contributed by atoms with Crippen LogP contribution in [0.3, 0.4) is 0 Å². The minimum atomic E-state index is -0.499. The van der Waals surface area contributed by atoms with Crippen LogP contribution < -0.4 is 10.1 Å². The van der Waals surface area contributed by atoms with Crippen LogP contribution in [0.2, 0.25) is 0 Å². The molecular weight excluding hydrogens is 298 g/mol. The van der Waals surface area contributed by atoms with Crippen molar-refractivity contribution in [2.24, 2.45) is 0 Å². The van der Waals surface area contributed by atoms with E-state index >= 15 is 0 Å². The molecule has 0 aliphatic carbocycles. The molecule has 0 aromatic heterocycles. The van der Waals surface area contributed by atoms with Gasteiger partial charge in [0.1, 0.15) is 11.5 Å². The van der Waals surface area contributed by atoms with Gasteiger partial charge in [-0.05, 0) is 43.3 Å². The normalized spacial score (nSPS) is 9.96. The first-order chi connectivity index (χ1) is 11.1. The molecule has 0 heterocycles. The lowest BCUT2D eigenvalue weighted by Gasteiger charge is -2.11. The zero-order chi connectivity index (χ0) is 16.7. The number of esters is 1. The van der Waals surface area contributed by atoms with Gasteiger partial charge < -0.3 is 19.9 Å². The summed E-state index contributed by atoms with van der Waals surface area (Å²) in [7, 11) is 0. The molecule has 2 aromatic rings. The SMILES string of the molecule is CCOC(=O)COc1ccccc1C(=O)Nc1ccc(O)cc1. The fourth-order valence-corrected chi connectivity index (χ4v) is 1.86. The number of phenolic OH excluding ortho intramolecular Hbond substituents is 1. The largest absolute Gasteiger partial charge is 0.508 e. The highest BCUT2D eigenvalue weighted by Gasteiger charge is 2.14. The Balaban J connectivity index is 2.07. The zero-order valence-corrected chi connectivity index (χ0v) is 12.6. The molecule has 0 fully saturated rings. The number of rotatable bonds is 6. The standard InChI is InChI=1S/C17H17NO5/c1-2-22-16(20)11-23-15-6-4-3-5-14(15)17(21)18-12-7-9-13(19)10-8-12/h3-10,19H,2,11H2,1H3,(H,18,21). The van der Waals surface area contributed by atoms with E-state index in [-0.39, 0.29) is 30.6 Å². The van der Waals surface area contributed by atoms with Crippen LogP contribution in [0.25, 0.3) is 0 Å². The van der Waals surface area contributed by atoms with Gasteiger partial charge in [-0.15, -0.1) is 0 Å². The Morgan fingerprint density at radius 1 is 1.09 bits per heavy atom. The number of phenols is 1. The number of para-hydroxylation sites is 1. The van der Waals surface area contributed by atoms with Gasteiger partial charge in [0.05, 0.1) is 12.2 Å². The van der Waals surface area contributed by atoms with E-state index < -0.39 is 5.97 Å². The topological polar surface area (TPSA) is 84.9 Å². The van der Waals surface area contributed by atoms with Gasteiger partial charge in [0.25, 0.3) is 5.91 Å². The maximum absolute atomic E-state index is 12.3. The summed E-state index contributed by atoms with van der Waals surface area (Å²) in [6, 6.07) is 12.7. The molecule has 6 heteroatoms. The van der Waals surface area contributed by atoms with Crippen molar-refractivity contribution < 1.29 is 24.2 Å². The van der Waals surface area contributed by atoms with E-state index in [0.29, 0.717) is 11.3 Å². The number of aromatic hydroxyl groups is 1. The first-order valence-electron chi connectivity index (χ1n) is 7.08. The van der Waals surface area contributed by atoms with E-state index in [4.69, 9.17) is 9.47 Å². The summed E-state index contributed by atoms with van der Waals surface area (Å²) in [6.07, 6.45) is 0. The Hall–Kier alpha value is -3.02. The summed E-state index contributed by atoms with van der Waals surface area (Å²) in [5.41, 5.74) is 0.831. The molecule has 23 heavy (non-hydrogen) atoms. The quantitative estimate of drug-likeness (QED) is 0.632. The molecule has 2 aromatic carbocycles. The van der Waals surface area contributed by atoms with E-state index in [1.807, 2.05) is 0 Å². The molecular formula is C17H17NO5. The van der Waals surface area contributed by atoms with Crippen molar-refractivity contribution in [3.8, 4) is 11.5 Å². The third kappa shape index (κ3) is 4.74. The van der Waals surface area contributed by atoms with Crippen molar-refractivity contribution in [1.29, 1.82) is 0 Å². The van der Waals surface area contributed by atoms with E-state index in [1.165, 1.54) is 12.1 Å². The lowest BCUT2D eigenvalue weighted by Crippen LogP contribution is -2.18. The number of anilines is 1. The molecule has 1 amide bonds. The van der Waals surface area contributed by atoms with Crippen LogP contribution in [-0.2, 0) is 9.53 Å². The van der Waals surface area contributed by atoms with Crippen LogP contribution >= 0.6 is 0 Å². The minimum absolute atomic E-state index is 0.112. The van der Waals surface area contributed by atoms with Gasteiger partial charge in [0.2, 0.25) is 0 Å². The van der Waals surface area contributed by atoms with Crippen LogP contribution in [0.1, 0.15) is 17.3 Å². The molecule has 120 valence electrons. The number of benzene rings is 2. The molecule has 0 radical (unpaired) electrons.